The molecule has 2 nitrogen and oxygen atoms in total. The van der Waals surface area contributed by atoms with Crippen molar-refractivity contribution in [2.45, 2.75) is 0 Å². The SMILES string of the molecule is COBF.O. The first-order chi connectivity index (χ1) is 1.91. The molecule has 0 aromatic heterocycles. The van der Waals surface area contributed by atoms with Crippen molar-refractivity contribution in [3.8, 4) is 0 Å². The fourth-order valence-corrected chi connectivity index (χ4v) is 0. The highest BCUT2D eigenvalue weighted by Gasteiger charge is 1.67. The third-order valence-corrected chi connectivity index (χ3v) is 0.109. The molecule has 0 saturated carbocycles. The van der Waals surface area contributed by atoms with Gasteiger partial charge in [-0.1, -0.05) is 0 Å². The Labute approximate surface area is 30.6 Å². The Bertz CT molecular complexity index is 11.6. The van der Waals surface area contributed by atoms with E-state index in [0.717, 1.165) is 0 Å². The van der Waals surface area contributed by atoms with Gasteiger partial charge in [0.2, 0.25) is 0 Å². The zero-order chi connectivity index (χ0) is 3.41. The summed E-state index contributed by atoms with van der Waals surface area (Å²) in [4.78, 5) is 0. The van der Waals surface area contributed by atoms with E-state index in [1.165, 1.54) is 7.11 Å². The summed E-state index contributed by atoms with van der Waals surface area (Å²) in [5.74, 6) is 0. The molecular weight excluding hydrogens is 73.8 g/mol. The van der Waals surface area contributed by atoms with E-state index in [0.29, 0.717) is 0 Å². The van der Waals surface area contributed by atoms with Crippen molar-refractivity contribution < 1.29 is 14.4 Å². The fraction of sp³-hybridized carbons (Fsp3) is 1.00. The lowest BCUT2D eigenvalue weighted by atomic mass is 10.5. The molecule has 32 valence electrons. The van der Waals surface area contributed by atoms with Gasteiger partial charge in [0, 0.05) is 7.11 Å². The molecule has 0 bridgehead atoms. The minimum atomic E-state index is -0.681. The predicted octanol–water partition coefficient (Wildman–Crippen LogP) is -0.956. The third-order valence-electron chi connectivity index (χ3n) is 0.109. The summed E-state index contributed by atoms with van der Waals surface area (Å²) in [6, 6.07) is 0. The molecule has 0 aliphatic carbocycles. The van der Waals surface area contributed by atoms with Crippen LogP contribution in [0.2, 0.25) is 0 Å². The highest BCUT2D eigenvalue weighted by Crippen LogP contribution is 1.52. The van der Waals surface area contributed by atoms with Crippen molar-refractivity contribution in [3.63, 3.8) is 0 Å². The highest BCUT2D eigenvalue weighted by atomic mass is 19.1. The van der Waals surface area contributed by atoms with Crippen molar-refractivity contribution in [2.75, 3.05) is 7.11 Å². The Kier molecular flexibility index (Phi) is 16.1. The topological polar surface area (TPSA) is 40.7 Å². The van der Waals surface area contributed by atoms with E-state index in [2.05, 4.69) is 4.65 Å². The van der Waals surface area contributed by atoms with Gasteiger partial charge >= 0.3 is 7.76 Å². The van der Waals surface area contributed by atoms with Gasteiger partial charge in [-0.15, -0.1) is 0 Å². The fourth-order valence-electron chi connectivity index (χ4n) is 0. The molecule has 0 amide bonds. The quantitative estimate of drug-likeness (QED) is 0.374. The van der Waals surface area contributed by atoms with Gasteiger partial charge in [-0.25, -0.2) is 0 Å². The van der Waals surface area contributed by atoms with Gasteiger partial charge in [0.1, 0.15) is 0 Å². The summed E-state index contributed by atoms with van der Waals surface area (Å²) >= 11 is 0. The van der Waals surface area contributed by atoms with Gasteiger partial charge in [-0.05, 0) is 0 Å². The molecule has 0 aromatic rings. The van der Waals surface area contributed by atoms with E-state index in [4.69, 9.17) is 0 Å². The molecule has 0 spiro atoms. The standard InChI is InChI=1S/CH4BFO.H2O/c1-4-2-3;/h2H,1H3;1H2. The van der Waals surface area contributed by atoms with E-state index >= 15 is 0 Å². The molecule has 0 heterocycles. The average molecular weight is 79.9 g/mol. The second-order valence-electron chi connectivity index (χ2n) is 0.398. The summed E-state index contributed by atoms with van der Waals surface area (Å²) < 4.78 is 14.4. The lowest BCUT2D eigenvalue weighted by Crippen LogP contribution is -1.77. The Morgan fingerprint density at radius 2 is 2.00 bits per heavy atom. The maximum absolute atomic E-state index is 10.5. The summed E-state index contributed by atoms with van der Waals surface area (Å²) in [6.07, 6.45) is 0. The Morgan fingerprint density at radius 3 is 2.00 bits per heavy atom. The van der Waals surface area contributed by atoms with Gasteiger partial charge in [0.15, 0.2) is 0 Å². The first-order valence-corrected chi connectivity index (χ1v) is 0.964. The Balaban J connectivity index is 0. The Hall–Kier alpha value is -0.0851. The molecule has 0 rings (SSSR count). The van der Waals surface area contributed by atoms with Gasteiger partial charge in [-0.2, -0.15) is 0 Å². The monoisotopic (exact) mass is 80.0 g/mol. The molecule has 5 heavy (non-hydrogen) atoms. The highest BCUT2D eigenvalue weighted by molar-refractivity contribution is 6.16. The first kappa shape index (κ1) is 8.87. The second-order valence-corrected chi connectivity index (χ2v) is 0.398. The van der Waals surface area contributed by atoms with Crippen LogP contribution >= 0.6 is 0 Å². The van der Waals surface area contributed by atoms with Crippen molar-refractivity contribution >= 4 is 7.76 Å². The smallest absolute Gasteiger partial charge is 0.414 e. The Morgan fingerprint density at radius 1 is 1.80 bits per heavy atom. The molecule has 0 atom stereocenters. The number of hydrogen-bond acceptors (Lipinski definition) is 1. The van der Waals surface area contributed by atoms with Crippen LogP contribution in [-0.2, 0) is 4.65 Å². The van der Waals surface area contributed by atoms with Crippen LogP contribution in [0.3, 0.4) is 0 Å². The molecule has 2 N–H and O–H groups in total. The van der Waals surface area contributed by atoms with Crippen molar-refractivity contribution in [3.05, 3.63) is 0 Å². The number of hydrogen-bond donors (Lipinski definition) is 0. The molecular formula is CH6BFO2. The van der Waals surface area contributed by atoms with E-state index < -0.39 is 7.76 Å². The van der Waals surface area contributed by atoms with Gasteiger partial charge < -0.3 is 10.1 Å². The summed E-state index contributed by atoms with van der Waals surface area (Å²) in [7, 11) is 0.625. The van der Waals surface area contributed by atoms with E-state index in [1.54, 1.807) is 0 Å². The van der Waals surface area contributed by atoms with E-state index in [-0.39, 0.29) is 5.48 Å². The molecule has 4 heteroatoms. The maximum atomic E-state index is 10.5. The van der Waals surface area contributed by atoms with Crippen LogP contribution in [0.1, 0.15) is 0 Å². The minimum absolute atomic E-state index is 0. The second kappa shape index (κ2) is 9.07. The maximum Gasteiger partial charge on any atom is 0.482 e. The van der Waals surface area contributed by atoms with Crippen LogP contribution in [-0.4, -0.2) is 20.3 Å². The van der Waals surface area contributed by atoms with E-state index in [9.17, 15) is 4.32 Å². The molecule has 0 aliphatic rings. The lowest BCUT2D eigenvalue weighted by Gasteiger charge is -1.69. The van der Waals surface area contributed by atoms with Crippen LogP contribution in [0.25, 0.3) is 0 Å². The van der Waals surface area contributed by atoms with Crippen LogP contribution < -0.4 is 0 Å². The predicted molar refractivity (Wildman–Crippen MR) is 18.9 cm³/mol. The van der Waals surface area contributed by atoms with Crippen LogP contribution in [0.5, 0.6) is 0 Å². The normalized spacial score (nSPS) is 5.20. The number of halogens is 1. The van der Waals surface area contributed by atoms with Crippen molar-refractivity contribution in [2.24, 2.45) is 0 Å². The zero-order valence-corrected chi connectivity index (χ0v) is 2.99. The van der Waals surface area contributed by atoms with Crippen LogP contribution in [0, 0.1) is 0 Å². The minimum Gasteiger partial charge on any atom is -0.414 e. The largest absolute Gasteiger partial charge is 0.482 e. The van der Waals surface area contributed by atoms with Gasteiger partial charge in [0.25, 0.3) is 0 Å². The molecule has 0 aromatic carbocycles. The van der Waals surface area contributed by atoms with E-state index in [1.807, 2.05) is 0 Å². The van der Waals surface area contributed by atoms with Crippen molar-refractivity contribution in [1.82, 2.24) is 0 Å². The molecule has 0 radical (unpaired) electrons. The summed E-state index contributed by atoms with van der Waals surface area (Å²) in [5, 5.41) is 0. The first-order valence-electron chi connectivity index (χ1n) is 0.964. The summed E-state index contributed by atoms with van der Waals surface area (Å²) in [5.41, 5.74) is 0. The third kappa shape index (κ3) is 17.1. The molecule has 0 unspecified atom stereocenters. The van der Waals surface area contributed by atoms with Gasteiger partial charge in [-0.3, -0.25) is 4.32 Å². The lowest BCUT2D eigenvalue weighted by molar-refractivity contribution is 0.405. The molecule has 0 saturated heterocycles. The van der Waals surface area contributed by atoms with Gasteiger partial charge in [0.05, 0.1) is 0 Å². The van der Waals surface area contributed by atoms with Crippen LogP contribution in [0.4, 0.5) is 4.32 Å². The molecule has 0 aliphatic heterocycles. The average Bonchev–Trinajstić information content (AvgIpc) is 1.37. The number of rotatable bonds is 1. The van der Waals surface area contributed by atoms with Crippen molar-refractivity contribution in [1.29, 1.82) is 0 Å². The summed E-state index contributed by atoms with van der Waals surface area (Å²) in [6.45, 7) is 0. The van der Waals surface area contributed by atoms with Crippen LogP contribution in [0.15, 0.2) is 0 Å². The zero-order valence-electron chi connectivity index (χ0n) is 2.99. The molecule has 0 fully saturated rings.